The van der Waals surface area contributed by atoms with Crippen LogP contribution in [0.4, 0.5) is 0 Å². The summed E-state index contributed by atoms with van der Waals surface area (Å²) in [5.41, 5.74) is 0. The van der Waals surface area contributed by atoms with Crippen LogP contribution >= 0.6 is 0 Å². The van der Waals surface area contributed by atoms with Crippen LogP contribution in [0.5, 0.6) is 0 Å². The molecule has 0 saturated heterocycles. The van der Waals surface area contributed by atoms with E-state index in [9.17, 15) is 8.42 Å². The van der Waals surface area contributed by atoms with Crippen molar-refractivity contribution in [3.63, 3.8) is 0 Å². The number of rotatable bonds is 3. The highest BCUT2D eigenvalue weighted by atomic mass is 32.2. The molecule has 0 aliphatic carbocycles. The normalized spacial score (nSPS) is 10.7. The maximum absolute atomic E-state index is 10.4. The topological polar surface area (TPSA) is 67.2 Å². The highest BCUT2D eigenvalue weighted by Crippen LogP contribution is 1.89. The zero-order chi connectivity index (χ0) is 7.33. The van der Waals surface area contributed by atoms with Crippen molar-refractivity contribution >= 4 is 10.1 Å². The van der Waals surface area contributed by atoms with Crippen molar-refractivity contribution in [1.82, 2.24) is 0 Å². The average molecular weight is 149 g/mol. The molecule has 0 aliphatic heterocycles. The lowest BCUT2D eigenvalue weighted by Crippen LogP contribution is -2.07. The minimum Gasteiger partial charge on any atom is -0.255 e. The molecule has 0 aliphatic rings. The molecule has 0 spiro atoms. The van der Waals surface area contributed by atoms with Gasteiger partial charge in [0.25, 0.3) is 10.1 Å². The molecular formula is C4H7NO3S. The van der Waals surface area contributed by atoms with Crippen LogP contribution in [0.2, 0.25) is 0 Å². The monoisotopic (exact) mass is 149 g/mol. The molecule has 9 heavy (non-hydrogen) atoms. The van der Waals surface area contributed by atoms with Gasteiger partial charge >= 0.3 is 0 Å². The Bertz CT molecular complexity index is 200. The van der Waals surface area contributed by atoms with E-state index in [-0.39, 0.29) is 5.75 Å². The predicted octanol–water partition coefficient (Wildman–Crippen LogP) is -0.124. The van der Waals surface area contributed by atoms with Gasteiger partial charge in [0, 0.05) is 0 Å². The van der Waals surface area contributed by atoms with Crippen molar-refractivity contribution in [3.05, 3.63) is 0 Å². The molecule has 0 fully saturated rings. The summed E-state index contributed by atoms with van der Waals surface area (Å²) in [6, 6.07) is 1.56. The molecule has 0 unspecified atom stereocenters. The summed E-state index contributed by atoms with van der Waals surface area (Å²) in [6.45, 7) is 1.06. The molecule has 0 aromatic rings. The van der Waals surface area contributed by atoms with Gasteiger partial charge in [0.1, 0.15) is 0 Å². The van der Waals surface area contributed by atoms with Crippen LogP contribution in [-0.2, 0) is 14.3 Å². The lowest BCUT2D eigenvalue weighted by atomic mass is 10.9. The molecule has 0 heterocycles. The molecule has 5 heteroatoms. The van der Waals surface area contributed by atoms with Crippen molar-refractivity contribution in [2.75, 3.05) is 12.4 Å². The molecule has 0 amide bonds. The molecular weight excluding hydrogens is 142 g/mol. The van der Waals surface area contributed by atoms with Crippen LogP contribution in [0.3, 0.4) is 0 Å². The third kappa shape index (κ3) is 3.94. The van der Waals surface area contributed by atoms with E-state index >= 15 is 0 Å². The second-order valence-electron chi connectivity index (χ2n) is 1.27. The standard InChI is InChI=1S/C4H7NO3S/c1-2-9(6,7)8-4-3-5/h2,4H2,1H3. The van der Waals surface area contributed by atoms with Crippen LogP contribution in [0.15, 0.2) is 0 Å². The van der Waals surface area contributed by atoms with Crippen LogP contribution in [-0.4, -0.2) is 20.8 Å². The smallest absolute Gasteiger partial charge is 0.255 e. The first kappa shape index (κ1) is 8.40. The summed E-state index contributed by atoms with van der Waals surface area (Å²) >= 11 is 0. The highest BCUT2D eigenvalue weighted by Gasteiger charge is 2.04. The highest BCUT2D eigenvalue weighted by molar-refractivity contribution is 7.86. The van der Waals surface area contributed by atoms with Gasteiger partial charge in [-0.2, -0.15) is 13.7 Å². The van der Waals surface area contributed by atoms with E-state index in [1.807, 2.05) is 0 Å². The Morgan fingerprint density at radius 3 is 2.56 bits per heavy atom. The number of hydrogen-bond donors (Lipinski definition) is 0. The fourth-order valence-corrected chi connectivity index (χ4v) is 0.598. The Kier molecular flexibility index (Phi) is 3.20. The minimum absolute atomic E-state index is 0.0886. The lowest BCUT2D eigenvalue weighted by molar-refractivity contribution is 0.362. The first-order valence-electron chi connectivity index (χ1n) is 2.36. The zero-order valence-electron chi connectivity index (χ0n) is 4.99. The molecule has 4 nitrogen and oxygen atoms in total. The number of hydrogen-bond acceptors (Lipinski definition) is 4. The fourth-order valence-electron chi connectivity index (χ4n) is 0.199. The average Bonchev–Trinajstić information content (AvgIpc) is 1.84. The van der Waals surface area contributed by atoms with Gasteiger partial charge in [-0.15, -0.1) is 0 Å². The maximum Gasteiger partial charge on any atom is 0.268 e. The van der Waals surface area contributed by atoms with Gasteiger partial charge < -0.3 is 0 Å². The van der Waals surface area contributed by atoms with E-state index in [0.717, 1.165) is 0 Å². The van der Waals surface area contributed by atoms with Crippen LogP contribution < -0.4 is 0 Å². The summed E-state index contributed by atoms with van der Waals surface area (Å²) in [5, 5.41) is 7.89. The number of nitriles is 1. The Labute approximate surface area is 54.2 Å². The summed E-state index contributed by atoms with van der Waals surface area (Å²) in [6.07, 6.45) is 0. The fraction of sp³-hybridized carbons (Fsp3) is 0.750. The van der Waals surface area contributed by atoms with Gasteiger partial charge in [0.05, 0.1) is 11.8 Å². The Balaban J connectivity index is 3.78. The molecule has 0 radical (unpaired) electrons. The van der Waals surface area contributed by atoms with Gasteiger partial charge in [-0.05, 0) is 6.92 Å². The van der Waals surface area contributed by atoms with Crippen molar-refractivity contribution in [2.24, 2.45) is 0 Å². The van der Waals surface area contributed by atoms with Crippen molar-refractivity contribution in [3.8, 4) is 6.07 Å². The first-order valence-corrected chi connectivity index (χ1v) is 3.94. The Hall–Kier alpha value is -0.600. The quantitative estimate of drug-likeness (QED) is 0.524. The van der Waals surface area contributed by atoms with Crippen molar-refractivity contribution in [1.29, 1.82) is 5.26 Å². The van der Waals surface area contributed by atoms with Crippen LogP contribution in [0.25, 0.3) is 0 Å². The van der Waals surface area contributed by atoms with Crippen LogP contribution in [0.1, 0.15) is 6.92 Å². The van der Waals surface area contributed by atoms with E-state index < -0.39 is 16.7 Å². The largest absolute Gasteiger partial charge is 0.268 e. The second kappa shape index (κ2) is 3.43. The molecule has 0 atom stereocenters. The molecule has 52 valence electrons. The third-order valence-corrected chi connectivity index (χ3v) is 1.84. The molecule has 0 rings (SSSR count). The van der Waals surface area contributed by atoms with Gasteiger partial charge in [0.15, 0.2) is 6.61 Å². The lowest BCUT2D eigenvalue weighted by Gasteiger charge is -1.94. The van der Waals surface area contributed by atoms with E-state index in [0.29, 0.717) is 0 Å². The van der Waals surface area contributed by atoms with Crippen molar-refractivity contribution < 1.29 is 12.6 Å². The molecule has 0 saturated carbocycles. The van der Waals surface area contributed by atoms with Gasteiger partial charge in [-0.1, -0.05) is 0 Å². The predicted molar refractivity (Wildman–Crippen MR) is 31.0 cm³/mol. The summed E-state index contributed by atoms with van der Waals surface area (Å²) in [4.78, 5) is 0. The third-order valence-electron chi connectivity index (χ3n) is 0.657. The van der Waals surface area contributed by atoms with E-state index in [1.54, 1.807) is 6.07 Å². The second-order valence-corrected chi connectivity index (χ2v) is 3.20. The van der Waals surface area contributed by atoms with Gasteiger partial charge in [-0.25, -0.2) is 0 Å². The molecule has 0 aromatic carbocycles. The molecule has 0 bridgehead atoms. The van der Waals surface area contributed by atoms with E-state index in [2.05, 4.69) is 4.18 Å². The van der Waals surface area contributed by atoms with Gasteiger partial charge in [0.2, 0.25) is 0 Å². The minimum atomic E-state index is -3.40. The Morgan fingerprint density at radius 2 is 2.22 bits per heavy atom. The number of nitrogens with zero attached hydrogens (tertiary/aromatic N) is 1. The maximum atomic E-state index is 10.4. The van der Waals surface area contributed by atoms with E-state index in [1.165, 1.54) is 6.92 Å². The van der Waals surface area contributed by atoms with Gasteiger partial charge in [-0.3, -0.25) is 4.18 Å². The van der Waals surface area contributed by atoms with Crippen molar-refractivity contribution in [2.45, 2.75) is 6.92 Å². The molecule has 0 N–H and O–H groups in total. The summed E-state index contributed by atoms with van der Waals surface area (Å²) in [5.74, 6) is -0.0886. The molecule has 0 aromatic heterocycles. The Morgan fingerprint density at radius 1 is 1.67 bits per heavy atom. The summed E-state index contributed by atoms with van der Waals surface area (Å²) < 4.78 is 24.9. The zero-order valence-corrected chi connectivity index (χ0v) is 5.81. The summed E-state index contributed by atoms with van der Waals surface area (Å²) in [7, 11) is -3.40. The first-order chi connectivity index (χ1) is 4.12. The van der Waals surface area contributed by atoms with E-state index in [4.69, 9.17) is 5.26 Å². The SMILES string of the molecule is CCS(=O)(=O)OCC#N. The van der Waals surface area contributed by atoms with Crippen LogP contribution in [0, 0.1) is 11.3 Å².